The summed E-state index contributed by atoms with van der Waals surface area (Å²) in [6.07, 6.45) is 3.78. The number of rotatable bonds is 7. The van der Waals surface area contributed by atoms with Crippen molar-refractivity contribution < 1.29 is 9.59 Å². The summed E-state index contributed by atoms with van der Waals surface area (Å²) >= 11 is 0. The van der Waals surface area contributed by atoms with E-state index < -0.39 is 0 Å². The normalized spacial score (nSPS) is 15.6. The van der Waals surface area contributed by atoms with Gasteiger partial charge in [-0.2, -0.15) is 0 Å². The molecule has 5 nitrogen and oxygen atoms in total. The minimum Gasteiger partial charge on any atom is -0.371 e. The third-order valence-electron chi connectivity index (χ3n) is 4.89. The van der Waals surface area contributed by atoms with Gasteiger partial charge in [-0.1, -0.05) is 27.7 Å². The molecule has 1 aliphatic heterocycles. The molecule has 1 heterocycles. The number of hydrogen-bond acceptors (Lipinski definition) is 3. The van der Waals surface area contributed by atoms with E-state index in [1.165, 1.54) is 0 Å². The molecule has 1 aromatic carbocycles. The molecule has 2 amide bonds. The first-order valence-electron chi connectivity index (χ1n) is 10.5. The molecule has 5 heteroatoms. The van der Waals surface area contributed by atoms with Gasteiger partial charge in [0.05, 0.1) is 5.56 Å². The number of amides is 2. The fourth-order valence-corrected chi connectivity index (χ4v) is 4.02. The molecule has 2 N–H and O–H groups in total. The van der Waals surface area contributed by atoms with Crippen LogP contribution in [0.4, 0.5) is 11.4 Å². The topological polar surface area (TPSA) is 61.4 Å². The summed E-state index contributed by atoms with van der Waals surface area (Å²) in [4.78, 5) is 27.5. The average molecular weight is 388 g/mol. The number of nitrogens with one attached hydrogen (secondary N) is 2. The molecule has 0 aliphatic carbocycles. The van der Waals surface area contributed by atoms with Crippen LogP contribution in [0.25, 0.3) is 0 Å². The summed E-state index contributed by atoms with van der Waals surface area (Å²) in [5.41, 5.74) is 2.48. The molecule has 1 atom stereocenters. The van der Waals surface area contributed by atoms with E-state index in [4.69, 9.17) is 0 Å². The van der Waals surface area contributed by atoms with Crippen LogP contribution in [0.15, 0.2) is 18.2 Å². The van der Waals surface area contributed by atoms with Crippen LogP contribution in [-0.2, 0) is 4.79 Å². The van der Waals surface area contributed by atoms with Gasteiger partial charge in [0.2, 0.25) is 5.91 Å². The molecule has 0 saturated carbocycles. The van der Waals surface area contributed by atoms with E-state index in [0.29, 0.717) is 23.6 Å². The molecular formula is C23H37N3O2. The molecule has 156 valence electrons. The van der Waals surface area contributed by atoms with Crippen LogP contribution in [0.2, 0.25) is 0 Å². The molecule has 1 unspecified atom stereocenters. The number of anilines is 2. The number of nitrogens with zero attached hydrogens (tertiary/aromatic N) is 1. The summed E-state index contributed by atoms with van der Waals surface area (Å²) in [6, 6.07) is 5.76. The zero-order valence-electron chi connectivity index (χ0n) is 18.4. The Kier molecular flexibility index (Phi) is 7.50. The number of carbonyl (C=O) groups excluding carboxylic acids is 2. The van der Waals surface area contributed by atoms with Gasteiger partial charge >= 0.3 is 0 Å². The minimum absolute atomic E-state index is 0.000824. The van der Waals surface area contributed by atoms with Crippen LogP contribution in [0, 0.1) is 11.3 Å². The Morgan fingerprint density at radius 3 is 2.32 bits per heavy atom. The van der Waals surface area contributed by atoms with Crippen LogP contribution in [-0.4, -0.2) is 30.9 Å². The highest BCUT2D eigenvalue weighted by atomic mass is 16.2. The van der Waals surface area contributed by atoms with Crippen molar-refractivity contribution in [2.45, 2.75) is 73.3 Å². The molecule has 1 aromatic rings. The third-order valence-corrected chi connectivity index (χ3v) is 4.89. The quantitative estimate of drug-likeness (QED) is 0.705. The molecule has 2 rings (SSSR count). The van der Waals surface area contributed by atoms with Crippen molar-refractivity contribution in [1.82, 2.24) is 5.32 Å². The highest BCUT2D eigenvalue weighted by Crippen LogP contribution is 2.29. The van der Waals surface area contributed by atoms with Gasteiger partial charge < -0.3 is 15.5 Å². The predicted octanol–water partition coefficient (Wildman–Crippen LogP) is 4.83. The summed E-state index contributed by atoms with van der Waals surface area (Å²) in [6.45, 7) is 14.5. The third kappa shape index (κ3) is 6.84. The van der Waals surface area contributed by atoms with Crippen molar-refractivity contribution in [1.29, 1.82) is 0 Å². The Hall–Kier alpha value is -2.04. The fraction of sp³-hybridized carbons (Fsp3) is 0.652. The maximum absolute atomic E-state index is 12.8. The van der Waals surface area contributed by atoms with E-state index in [1.54, 1.807) is 0 Å². The van der Waals surface area contributed by atoms with Crippen molar-refractivity contribution in [3.05, 3.63) is 23.8 Å². The first kappa shape index (κ1) is 22.3. The maximum atomic E-state index is 12.8. The first-order chi connectivity index (χ1) is 13.0. The smallest absolute Gasteiger partial charge is 0.253 e. The number of hydrogen-bond donors (Lipinski definition) is 2. The van der Waals surface area contributed by atoms with E-state index in [1.807, 2.05) is 32.0 Å². The van der Waals surface area contributed by atoms with E-state index in [9.17, 15) is 9.59 Å². The first-order valence-corrected chi connectivity index (χ1v) is 10.5. The summed E-state index contributed by atoms with van der Waals surface area (Å²) in [5.74, 6) is 0.225. The predicted molar refractivity (Wildman–Crippen MR) is 117 cm³/mol. The second-order valence-electron chi connectivity index (χ2n) is 9.68. The van der Waals surface area contributed by atoms with Crippen LogP contribution >= 0.6 is 0 Å². The fourth-order valence-electron chi connectivity index (χ4n) is 4.02. The molecule has 1 saturated heterocycles. The lowest BCUT2D eigenvalue weighted by Gasteiger charge is -2.23. The van der Waals surface area contributed by atoms with Crippen molar-refractivity contribution >= 4 is 23.2 Å². The van der Waals surface area contributed by atoms with Crippen LogP contribution in [0.1, 0.15) is 77.6 Å². The molecule has 1 fully saturated rings. The molecule has 0 bridgehead atoms. The highest BCUT2D eigenvalue weighted by Gasteiger charge is 2.22. The lowest BCUT2D eigenvalue weighted by Crippen LogP contribution is -2.32. The van der Waals surface area contributed by atoms with Gasteiger partial charge in [0.25, 0.3) is 5.91 Å². The zero-order chi connectivity index (χ0) is 20.9. The number of benzene rings is 1. The second kappa shape index (κ2) is 9.44. The SMILES string of the molecule is CC(CC(=O)Nc1ccc(N2CCCC2)c(C(=O)NC(C)C)c1)CC(C)(C)C. The molecule has 0 aromatic heterocycles. The zero-order valence-corrected chi connectivity index (χ0v) is 18.4. The monoisotopic (exact) mass is 387 g/mol. The molecule has 1 aliphatic rings. The largest absolute Gasteiger partial charge is 0.371 e. The van der Waals surface area contributed by atoms with Gasteiger partial charge in [-0.05, 0) is 62.6 Å². The van der Waals surface area contributed by atoms with E-state index in [0.717, 1.165) is 38.0 Å². The Labute approximate surface area is 170 Å². The van der Waals surface area contributed by atoms with Crippen molar-refractivity contribution in [3.63, 3.8) is 0 Å². The summed E-state index contributed by atoms with van der Waals surface area (Å²) in [7, 11) is 0. The van der Waals surface area contributed by atoms with Gasteiger partial charge in [0.1, 0.15) is 0 Å². The highest BCUT2D eigenvalue weighted by molar-refractivity contribution is 6.02. The molecule has 28 heavy (non-hydrogen) atoms. The van der Waals surface area contributed by atoms with Crippen molar-refractivity contribution in [2.24, 2.45) is 11.3 Å². The van der Waals surface area contributed by atoms with Crippen molar-refractivity contribution in [3.8, 4) is 0 Å². The van der Waals surface area contributed by atoms with Crippen molar-refractivity contribution in [2.75, 3.05) is 23.3 Å². The molecule has 0 spiro atoms. The van der Waals surface area contributed by atoms with Gasteiger partial charge in [-0.25, -0.2) is 0 Å². The van der Waals surface area contributed by atoms with Crippen LogP contribution < -0.4 is 15.5 Å². The Bertz CT molecular complexity index is 686. The second-order valence-corrected chi connectivity index (χ2v) is 9.68. The van der Waals surface area contributed by atoms with Gasteiger partial charge in [0.15, 0.2) is 0 Å². The lowest BCUT2D eigenvalue weighted by atomic mass is 9.84. The van der Waals surface area contributed by atoms with Gasteiger partial charge in [-0.3, -0.25) is 9.59 Å². The standard InChI is InChI=1S/C23H37N3O2/c1-16(2)24-22(28)19-14-18(9-10-20(19)26-11-7-8-12-26)25-21(27)13-17(3)15-23(4,5)6/h9-10,14,16-17H,7-8,11-13,15H2,1-6H3,(H,24,28)(H,25,27). The molecule has 0 radical (unpaired) electrons. The summed E-state index contributed by atoms with van der Waals surface area (Å²) < 4.78 is 0. The van der Waals surface area contributed by atoms with E-state index in [2.05, 4.69) is 43.2 Å². The maximum Gasteiger partial charge on any atom is 0.253 e. The van der Waals surface area contributed by atoms with E-state index in [-0.39, 0.29) is 23.3 Å². The summed E-state index contributed by atoms with van der Waals surface area (Å²) in [5, 5.41) is 5.97. The van der Waals surface area contributed by atoms with Gasteiger partial charge in [-0.15, -0.1) is 0 Å². The average Bonchev–Trinajstić information content (AvgIpc) is 3.06. The lowest BCUT2D eigenvalue weighted by molar-refractivity contribution is -0.117. The van der Waals surface area contributed by atoms with Crippen LogP contribution in [0.5, 0.6) is 0 Å². The Balaban J connectivity index is 2.14. The number of carbonyl (C=O) groups is 2. The Morgan fingerprint density at radius 2 is 1.75 bits per heavy atom. The minimum atomic E-state index is -0.0888. The van der Waals surface area contributed by atoms with Gasteiger partial charge in [0, 0.05) is 36.9 Å². The van der Waals surface area contributed by atoms with E-state index >= 15 is 0 Å². The molecular weight excluding hydrogens is 350 g/mol. The van der Waals surface area contributed by atoms with Crippen LogP contribution in [0.3, 0.4) is 0 Å². The Morgan fingerprint density at radius 1 is 1.11 bits per heavy atom.